The van der Waals surface area contributed by atoms with Gasteiger partial charge >= 0.3 is 11.3 Å². The molecule has 5 aromatic rings. The summed E-state index contributed by atoms with van der Waals surface area (Å²) in [4.78, 5) is 25.1. The maximum Gasteiger partial charge on any atom is 0.348 e. The fourth-order valence-corrected chi connectivity index (χ4v) is 3.58. The molecule has 7 nitrogen and oxygen atoms in total. The van der Waals surface area contributed by atoms with Gasteiger partial charge in [-0.2, -0.15) is 0 Å². The molecule has 0 spiro atoms. The molecule has 134 valence electrons. The van der Waals surface area contributed by atoms with E-state index in [1.54, 1.807) is 36.4 Å². The highest BCUT2D eigenvalue weighted by molar-refractivity contribution is 6.28. The highest BCUT2D eigenvalue weighted by Gasteiger charge is 2.24. The Morgan fingerprint density at radius 1 is 0.889 bits per heavy atom. The normalized spacial score (nSPS) is 11.9. The van der Waals surface area contributed by atoms with E-state index in [9.17, 15) is 14.7 Å². The van der Waals surface area contributed by atoms with Gasteiger partial charge in [-0.15, -0.1) is 0 Å². The van der Waals surface area contributed by atoms with Crippen LogP contribution in [0.25, 0.3) is 43.5 Å². The summed E-state index contributed by atoms with van der Waals surface area (Å²) in [5.41, 5.74) is -0.878. The highest BCUT2D eigenvalue weighted by atomic mass is 16.7. The molecule has 5 rings (SSSR count). The zero-order valence-corrected chi connectivity index (χ0v) is 14.1. The van der Waals surface area contributed by atoms with Gasteiger partial charge in [-0.1, -0.05) is 18.2 Å². The summed E-state index contributed by atoms with van der Waals surface area (Å²) in [7, 11) is 1.48. The Kier molecular flexibility index (Phi) is 3.16. The topological polar surface area (TPSA) is 99.1 Å². The van der Waals surface area contributed by atoms with Crippen molar-refractivity contribution in [1.82, 2.24) is 0 Å². The average molecular weight is 364 g/mol. The number of hydrogen-bond donors (Lipinski definition) is 1. The molecule has 0 amide bonds. The molecule has 0 atom stereocenters. The second-order valence-corrected chi connectivity index (χ2v) is 6.12. The molecular weight excluding hydrogens is 352 g/mol. The first kappa shape index (κ1) is 15.7. The van der Waals surface area contributed by atoms with Gasteiger partial charge in [0.05, 0.1) is 10.8 Å². The molecule has 0 aliphatic heterocycles. The largest absolute Gasteiger partial charge is 0.506 e. The highest BCUT2D eigenvalue weighted by Crippen LogP contribution is 2.44. The Bertz CT molecular complexity index is 1460. The number of benzene rings is 3. The van der Waals surface area contributed by atoms with E-state index in [-0.39, 0.29) is 34.5 Å². The van der Waals surface area contributed by atoms with E-state index in [4.69, 9.17) is 18.3 Å². The van der Waals surface area contributed by atoms with Crippen LogP contribution in [0.1, 0.15) is 0 Å². The van der Waals surface area contributed by atoms with E-state index in [2.05, 4.69) is 0 Å². The molecule has 0 aliphatic rings. The van der Waals surface area contributed by atoms with Crippen molar-refractivity contribution in [1.29, 1.82) is 0 Å². The van der Waals surface area contributed by atoms with Crippen LogP contribution < -0.4 is 16.0 Å². The van der Waals surface area contributed by atoms with E-state index in [0.717, 1.165) is 0 Å². The van der Waals surface area contributed by atoms with Crippen molar-refractivity contribution >= 4 is 43.5 Å². The number of fused-ring (bicyclic) bond motifs is 2. The number of methoxy groups -OCH3 is 1. The molecule has 0 bridgehead atoms. The molecule has 2 aromatic heterocycles. The minimum atomic E-state index is -0.712. The van der Waals surface area contributed by atoms with Crippen molar-refractivity contribution in [2.75, 3.05) is 13.9 Å². The molecule has 0 aliphatic carbocycles. The molecule has 3 aromatic carbocycles. The SMILES string of the molecule is COCOc1cccc2c(O)c3c(=O)oc4cccc5c(=O)oc(c12)c3c45. The van der Waals surface area contributed by atoms with Gasteiger partial charge < -0.3 is 23.4 Å². The van der Waals surface area contributed by atoms with E-state index >= 15 is 0 Å². The van der Waals surface area contributed by atoms with Crippen LogP contribution in [0.3, 0.4) is 0 Å². The van der Waals surface area contributed by atoms with Gasteiger partial charge in [0.1, 0.15) is 22.5 Å². The molecule has 0 unspecified atom stereocenters. The first-order chi connectivity index (χ1) is 13.1. The zero-order valence-electron chi connectivity index (χ0n) is 14.1. The Labute approximate surface area is 150 Å². The lowest BCUT2D eigenvalue weighted by Crippen LogP contribution is -2.07. The van der Waals surface area contributed by atoms with Crippen LogP contribution in [0.4, 0.5) is 0 Å². The van der Waals surface area contributed by atoms with Crippen molar-refractivity contribution in [3.63, 3.8) is 0 Å². The molecule has 7 heteroatoms. The molecule has 1 N–H and O–H groups in total. The summed E-state index contributed by atoms with van der Waals surface area (Å²) in [6.07, 6.45) is 0. The van der Waals surface area contributed by atoms with Gasteiger partial charge in [0, 0.05) is 23.3 Å². The van der Waals surface area contributed by atoms with E-state index < -0.39 is 11.3 Å². The maximum absolute atomic E-state index is 12.6. The number of aromatic hydroxyl groups is 1. The van der Waals surface area contributed by atoms with Crippen molar-refractivity contribution < 1.29 is 23.4 Å². The quantitative estimate of drug-likeness (QED) is 0.227. The summed E-state index contributed by atoms with van der Waals surface area (Å²) in [5, 5.41) is 12.5. The predicted octanol–water partition coefficient (Wildman–Crippen LogP) is 3.33. The fraction of sp³-hybridized carbons (Fsp3) is 0.100. The molecule has 2 heterocycles. The molecule has 0 radical (unpaired) electrons. The lowest BCUT2D eigenvalue weighted by molar-refractivity contribution is 0.0522. The van der Waals surface area contributed by atoms with Gasteiger partial charge in [-0.25, -0.2) is 9.59 Å². The van der Waals surface area contributed by atoms with Crippen molar-refractivity contribution in [2.24, 2.45) is 0 Å². The second-order valence-electron chi connectivity index (χ2n) is 6.12. The Morgan fingerprint density at radius 2 is 1.67 bits per heavy atom. The number of phenolic OH excluding ortho intramolecular Hbond substituents is 1. The van der Waals surface area contributed by atoms with E-state index in [0.29, 0.717) is 27.3 Å². The second kappa shape index (κ2) is 5.46. The van der Waals surface area contributed by atoms with Crippen molar-refractivity contribution in [2.45, 2.75) is 0 Å². The fourth-order valence-electron chi connectivity index (χ4n) is 3.58. The smallest absolute Gasteiger partial charge is 0.348 e. The van der Waals surface area contributed by atoms with Crippen molar-refractivity contribution in [3.05, 3.63) is 57.2 Å². The molecule has 0 saturated heterocycles. The minimum Gasteiger partial charge on any atom is -0.506 e. The van der Waals surface area contributed by atoms with Crippen LogP contribution in [-0.2, 0) is 4.74 Å². The van der Waals surface area contributed by atoms with Crippen LogP contribution in [0.5, 0.6) is 11.5 Å². The predicted molar refractivity (Wildman–Crippen MR) is 98.9 cm³/mol. The lowest BCUT2D eigenvalue weighted by Gasteiger charge is -2.14. The summed E-state index contributed by atoms with van der Waals surface area (Å²) in [5.74, 6) is 0.102. The Morgan fingerprint density at radius 3 is 2.48 bits per heavy atom. The number of phenols is 1. The zero-order chi connectivity index (χ0) is 18.7. The summed E-state index contributed by atoms with van der Waals surface area (Å²) in [6, 6.07) is 9.72. The van der Waals surface area contributed by atoms with Gasteiger partial charge in [-0.05, 0) is 18.2 Å². The number of ether oxygens (including phenoxy) is 2. The molecule has 0 fully saturated rings. The Balaban J connectivity index is 2.16. The monoisotopic (exact) mass is 364 g/mol. The maximum atomic E-state index is 12.6. The number of hydrogen-bond acceptors (Lipinski definition) is 7. The standard InChI is InChI=1S/C20H12O7/c1-24-8-25-11-6-2-4-9-14(11)18-15-13-10(19(22)27-18)5-3-7-12(13)26-20(23)16(15)17(9)21/h2-7,21H,8H2,1H3. The third-order valence-corrected chi connectivity index (χ3v) is 4.65. The van der Waals surface area contributed by atoms with Crippen LogP contribution in [0.15, 0.2) is 54.8 Å². The first-order valence-corrected chi connectivity index (χ1v) is 8.13. The lowest BCUT2D eigenvalue weighted by atomic mass is 9.97. The third-order valence-electron chi connectivity index (χ3n) is 4.65. The first-order valence-electron chi connectivity index (χ1n) is 8.13. The van der Waals surface area contributed by atoms with Crippen LogP contribution in [0.2, 0.25) is 0 Å². The average Bonchev–Trinajstić information content (AvgIpc) is 2.67. The molecule has 0 saturated carbocycles. The minimum absolute atomic E-state index is 0.0335. The van der Waals surface area contributed by atoms with E-state index in [1.807, 2.05) is 0 Å². The van der Waals surface area contributed by atoms with Gasteiger partial charge in [0.2, 0.25) is 0 Å². The van der Waals surface area contributed by atoms with Gasteiger partial charge in [0.25, 0.3) is 0 Å². The third kappa shape index (κ3) is 2.00. The van der Waals surface area contributed by atoms with Crippen LogP contribution in [-0.4, -0.2) is 19.0 Å². The summed E-state index contributed by atoms with van der Waals surface area (Å²) >= 11 is 0. The molecule has 27 heavy (non-hydrogen) atoms. The van der Waals surface area contributed by atoms with E-state index in [1.165, 1.54) is 7.11 Å². The van der Waals surface area contributed by atoms with Crippen LogP contribution >= 0.6 is 0 Å². The molecular formula is C20H12O7. The summed E-state index contributed by atoms with van der Waals surface area (Å²) in [6.45, 7) is -0.0335. The van der Waals surface area contributed by atoms with Crippen molar-refractivity contribution in [3.8, 4) is 11.5 Å². The van der Waals surface area contributed by atoms with Crippen LogP contribution in [0, 0.1) is 0 Å². The number of rotatable bonds is 3. The van der Waals surface area contributed by atoms with Gasteiger partial charge in [0.15, 0.2) is 12.4 Å². The van der Waals surface area contributed by atoms with Gasteiger partial charge in [-0.3, -0.25) is 0 Å². The Hall–Kier alpha value is -3.58. The summed E-state index contributed by atoms with van der Waals surface area (Å²) < 4.78 is 21.5.